The van der Waals surface area contributed by atoms with Crippen molar-refractivity contribution in [3.05, 3.63) is 53.9 Å². The van der Waals surface area contributed by atoms with Crippen LogP contribution in [0.4, 0.5) is 0 Å². The van der Waals surface area contributed by atoms with Gasteiger partial charge in [0.1, 0.15) is 5.82 Å². The van der Waals surface area contributed by atoms with Gasteiger partial charge >= 0.3 is 0 Å². The van der Waals surface area contributed by atoms with E-state index in [9.17, 15) is 4.79 Å². The number of carbonyl (C=O) groups excluding carboxylic acids is 1. The van der Waals surface area contributed by atoms with Crippen molar-refractivity contribution >= 4 is 16.9 Å². The van der Waals surface area contributed by atoms with Gasteiger partial charge in [0, 0.05) is 25.9 Å². The van der Waals surface area contributed by atoms with E-state index in [1.54, 1.807) is 0 Å². The van der Waals surface area contributed by atoms with Crippen LogP contribution in [0.2, 0.25) is 0 Å². The summed E-state index contributed by atoms with van der Waals surface area (Å²) in [6.45, 7) is 7.19. The SMILES string of the molecule is CC(C)Cn1c(CCNC(=O)Cc2ccc3c(c2)OCCCO3)nc2ccccc21. The number of rotatable bonds is 7. The van der Waals surface area contributed by atoms with Gasteiger partial charge in [0.15, 0.2) is 11.5 Å². The third-order valence-electron chi connectivity index (χ3n) is 5.13. The zero-order valence-corrected chi connectivity index (χ0v) is 17.7. The molecule has 3 aromatic rings. The summed E-state index contributed by atoms with van der Waals surface area (Å²) < 4.78 is 13.6. The third kappa shape index (κ3) is 4.75. The topological polar surface area (TPSA) is 65.4 Å². The second kappa shape index (κ2) is 9.20. The van der Waals surface area contributed by atoms with Crippen LogP contribution in [-0.2, 0) is 24.2 Å². The van der Waals surface area contributed by atoms with Gasteiger partial charge in [-0.1, -0.05) is 32.0 Å². The van der Waals surface area contributed by atoms with E-state index < -0.39 is 0 Å². The zero-order chi connectivity index (χ0) is 20.9. The molecule has 0 fully saturated rings. The van der Waals surface area contributed by atoms with Crippen LogP contribution in [-0.4, -0.2) is 35.2 Å². The molecular formula is C24H29N3O3. The minimum Gasteiger partial charge on any atom is -0.490 e. The Morgan fingerprint density at radius 2 is 1.93 bits per heavy atom. The number of hydrogen-bond donors (Lipinski definition) is 1. The Kier molecular flexibility index (Phi) is 6.21. The normalized spacial score (nSPS) is 13.4. The van der Waals surface area contributed by atoms with Crippen LogP contribution in [0.3, 0.4) is 0 Å². The monoisotopic (exact) mass is 407 g/mol. The molecule has 0 saturated heterocycles. The first kappa shape index (κ1) is 20.3. The Morgan fingerprint density at radius 3 is 2.77 bits per heavy atom. The number of nitrogens with one attached hydrogen (secondary N) is 1. The summed E-state index contributed by atoms with van der Waals surface area (Å²) in [6, 6.07) is 13.9. The van der Waals surface area contributed by atoms with Gasteiger partial charge in [-0.3, -0.25) is 4.79 Å². The van der Waals surface area contributed by atoms with Crippen LogP contribution in [0.1, 0.15) is 31.7 Å². The molecule has 4 rings (SSSR count). The van der Waals surface area contributed by atoms with Crippen molar-refractivity contribution in [3.63, 3.8) is 0 Å². The number of carbonyl (C=O) groups is 1. The molecule has 1 aliphatic heterocycles. The molecule has 0 bridgehead atoms. The highest BCUT2D eigenvalue weighted by Crippen LogP contribution is 2.30. The Bertz CT molecular complexity index is 1030. The highest BCUT2D eigenvalue weighted by atomic mass is 16.5. The van der Waals surface area contributed by atoms with Crippen molar-refractivity contribution in [2.45, 2.75) is 39.7 Å². The lowest BCUT2D eigenvalue weighted by molar-refractivity contribution is -0.120. The van der Waals surface area contributed by atoms with Gasteiger partial charge in [-0.05, 0) is 35.7 Å². The lowest BCUT2D eigenvalue weighted by Crippen LogP contribution is -2.28. The van der Waals surface area contributed by atoms with E-state index in [1.165, 1.54) is 0 Å². The van der Waals surface area contributed by atoms with Gasteiger partial charge < -0.3 is 19.4 Å². The van der Waals surface area contributed by atoms with Gasteiger partial charge in [0.05, 0.1) is 30.7 Å². The van der Waals surface area contributed by atoms with Crippen LogP contribution in [0.15, 0.2) is 42.5 Å². The summed E-state index contributed by atoms with van der Waals surface area (Å²) in [6.07, 6.45) is 1.89. The Balaban J connectivity index is 1.36. The van der Waals surface area contributed by atoms with Gasteiger partial charge in [0.2, 0.25) is 5.91 Å². The molecule has 0 saturated carbocycles. The molecule has 0 aliphatic carbocycles. The predicted octanol–water partition coefficient (Wildman–Crippen LogP) is 3.76. The van der Waals surface area contributed by atoms with Crippen molar-refractivity contribution in [1.82, 2.24) is 14.9 Å². The van der Waals surface area contributed by atoms with E-state index in [0.717, 1.165) is 46.9 Å². The first-order valence-electron chi connectivity index (χ1n) is 10.7. The maximum atomic E-state index is 12.5. The molecule has 1 N–H and O–H groups in total. The summed E-state index contributed by atoms with van der Waals surface area (Å²) in [4.78, 5) is 17.2. The standard InChI is InChI=1S/C24H29N3O3/c1-17(2)16-27-20-7-4-3-6-19(20)26-23(27)10-11-25-24(28)15-18-8-9-21-22(14-18)30-13-5-12-29-21/h3-4,6-9,14,17H,5,10-13,15-16H2,1-2H3,(H,25,28). The quantitative estimate of drug-likeness (QED) is 0.648. The molecule has 1 aliphatic rings. The average molecular weight is 408 g/mol. The summed E-state index contributed by atoms with van der Waals surface area (Å²) in [5.74, 6) is 3.01. The molecule has 2 heterocycles. The lowest BCUT2D eigenvalue weighted by atomic mass is 10.1. The second-order valence-electron chi connectivity index (χ2n) is 8.13. The molecule has 0 spiro atoms. The molecule has 6 nitrogen and oxygen atoms in total. The zero-order valence-electron chi connectivity index (χ0n) is 17.7. The maximum Gasteiger partial charge on any atom is 0.224 e. The Morgan fingerprint density at radius 1 is 1.13 bits per heavy atom. The number of benzene rings is 2. The number of imidazole rings is 1. The average Bonchev–Trinajstić information content (AvgIpc) is 2.90. The summed E-state index contributed by atoms with van der Waals surface area (Å²) in [5, 5.41) is 3.03. The minimum atomic E-state index is -0.00369. The van der Waals surface area contributed by atoms with E-state index in [1.807, 2.05) is 36.4 Å². The minimum absolute atomic E-state index is 0.00369. The van der Waals surface area contributed by atoms with Crippen molar-refractivity contribution in [2.75, 3.05) is 19.8 Å². The summed E-state index contributed by atoms with van der Waals surface area (Å²) >= 11 is 0. The van der Waals surface area contributed by atoms with E-state index in [-0.39, 0.29) is 5.91 Å². The summed E-state index contributed by atoms with van der Waals surface area (Å²) in [5.41, 5.74) is 3.08. The molecule has 30 heavy (non-hydrogen) atoms. The molecule has 0 atom stereocenters. The van der Waals surface area contributed by atoms with Gasteiger partial charge in [0.25, 0.3) is 0 Å². The van der Waals surface area contributed by atoms with E-state index >= 15 is 0 Å². The number of ether oxygens (including phenoxy) is 2. The number of aromatic nitrogens is 2. The fraction of sp³-hybridized carbons (Fsp3) is 0.417. The lowest BCUT2D eigenvalue weighted by Gasteiger charge is -2.12. The van der Waals surface area contributed by atoms with Gasteiger partial charge in [-0.15, -0.1) is 0 Å². The van der Waals surface area contributed by atoms with Crippen molar-refractivity contribution < 1.29 is 14.3 Å². The van der Waals surface area contributed by atoms with Gasteiger partial charge in [-0.2, -0.15) is 0 Å². The second-order valence-corrected chi connectivity index (χ2v) is 8.13. The van der Waals surface area contributed by atoms with Crippen LogP contribution in [0, 0.1) is 5.92 Å². The molecule has 1 amide bonds. The number of fused-ring (bicyclic) bond motifs is 2. The smallest absolute Gasteiger partial charge is 0.224 e. The first-order chi connectivity index (χ1) is 14.6. The highest BCUT2D eigenvalue weighted by Gasteiger charge is 2.14. The molecule has 2 aromatic carbocycles. The molecular weight excluding hydrogens is 378 g/mol. The van der Waals surface area contributed by atoms with E-state index in [0.29, 0.717) is 38.5 Å². The Hall–Kier alpha value is -3.02. The van der Waals surface area contributed by atoms with E-state index in [4.69, 9.17) is 14.5 Å². The molecule has 0 radical (unpaired) electrons. The molecule has 158 valence electrons. The fourth-order valence-corrected chi connectivity index (χ4v) is 3.76. The van der Waals surface area contributed by atoms with Crippen molar-refractivity contribution in [1.29, 1.82) is 0 Å². The van der Waals surface area contributed by atoms with Crippen molar-refractivity contribution in [3.8, 4) is 11.5 Å². The van der Waals surface area contributed by atoms with Crippen LogP contribution in [0.25, 0.3) is 11.0 Å². The first-order valence-corrected chi connectivity index (χ1v) is 10.7. The van der Waals surface area contributed by atoms with Crippen LogP contribution >= 0.6 is 0 Å². The Labute approximate surface area is 177 Å². The molecule has 1 aromatic heterocycles. The summed E-state index contributed by atoms with van der Waals surface area (Å²) in [7, 11) is 0. The maximum absolute atomic E-state index is 12.5. The van der Waals surface area contributed by atoms with Crippen LogP contribution < -0.4 is 14.8 Å². The number of hydrogen-bond acceptors (Lipinski definition) is 4. The fourth-order valence-electron chi connectivity index (χ4n) is 3.76. The largest absolute Gasteiger partial charge is 0.490 e. The van der Waals surface area contributed by atoms with Crippen LogP contribution in [0.5, 0.6) is 11.5 Å². The number of nitrogens with zero attached hydrogens (tertiary/aromatic N) is 2. The molecule has 6 heteroatoms. The van der Waals surface area contributed by atoms with Crippen molar-refractivity contribution in [2.24, 2.45) is 5.92 Å². The predicted molar refractivity (Wildman–Crippen MR) is 117 cm³/mol. The number of para-hydroxylation sites is 2. The van der Waals surface area contributed by atoms with E-state index in [2.05, 4.69) is 29.8 Å². The number of amides is 1. The molecule has 0 unspecified atom stereocenters. The highest BCUT2D eigenvalue weighted by molar-refractivity contribution is 5.79. The third-order valence-corrected chi connectivity index (χ3v) is 5.13. The van der Waals surface area contributed by atoms with Gasteiger partial charge in [-0.25, -0.2) is 4.98 Å².